The molecule has 208 valence electrons. The summed E-state index contributed by atoms with van der Waals surface area (Å²) >= 11 is 0. The lowest BCUT2D eigenvalue weighted by Crippen LogP contribution is -2.28. The van der Waals surface area contributed by atoms with Crippen LogP contribution in [-0.4, -0.2) is 42.9 Å². The number of pyridine rings is 1. The molecule has 5 aromatic rings. The van der Waals surface area contributed by atoms with Crippen LogP contribution in [0.1, 0.15) is 49.6 Å². The Morgan fingerprint density at radius 3 is 2.45 bits per heavy atom. The molecule has 1 unspecified atom stereocenters. The summed E-state index contributed by atoms with van der Waals surface area (Å²) in [7, 11) is 1.78. The molecule has 1 N–H and O–H groups in total. The minimum atomic E-state index is -1.34. The molecular formula is C30H30F3N5O2. The molecule has 40 heavy (non-hydrogen) atoms. The van der Waals surface area contributed by atoms with E-state index in [0.29, 0.717) is 59.4 Å². The Bertz CT molecular complexity index is 1730. The molecule has 0 spiro atoms. The Hall–Kier alpha value is -3.76. The predicted molar refractivity (Wildman–Crippen MR) is 145 cm³/mol. The Morgan fingerprint density at radius 1 is 1.02 bits per heavy atom. The highest BCUT2D eigenvalue weighted by molar-refractivity contribution is 6.07. The van der Waals surface area contributed by atoms with Gasteiger partial charge in [0.15, 0.2) is 0 Å². The van der Waals surface area contributed by atoms with Crippen LogP contribution in [0.15, 0.2) is 42.6 Å². The summed E-state index contributed by atoms with van der Waals surface area (Å²) in [6, 6.07) is 7.65. The minimum Gasteiger partial charge on any atom is -0.386 e. The van der Waals surface area contributed by atoms with Gasteiger partial charge in [-0.3, -0.25) is 4.98 Å². The van der Waals surface area contributed by atoms with Crippen LogP contribution in [0, 0.1) is 30.3 Å². The van der Waals surface area contributed by atoms with Crippen LogP contribution in [-0.2, 0) is 17.4 Å². The maximum Gasteiger partial charge on any atom is 0.135 e. The van der Waals surface area contributed by atoms with Crippen LogP contribution in [0.25, 0.3) is 33.2 Å². The van der Waals surface area contributed by atoms with Crippen molar-refractivity contribution >= 4 is 21.9 Å². The number of benzene rings is 2. The van der Waals surface area contributed by atoms with E-state index in [0.717, 1.165) is 17.8 Å². The first-order chi connectivity index (χ1) is 19.0. The van der Waals surface area contributed by atoms with E-state index in [1.165, 1.54) is 12.1 Å². The van der Waals surface area contributed by atoms with Gasteiger partial charge in [0.1, 0.15) is 17.5 Å². The number of halogens is 3. The molecule has 3 aromatic heterocycles. The van der Waals surface area contributed by atoms with Crippen molar-refractivity contribution < 1.29 is 23.0 Å². The molecule has 10 heteroatoms. The lowest BCUT2D eigenvalue weighted by Gasteiger charge is -2.33. The fourth-order valence-corrected chi connectivity index (χ4v) is 5.99. The van der Waals surface area contributed by atoms with Crippen molar-refractivity contribution in [2.75, 3.05) is 13.2 Å². The van der Waals surface area contributed by atoms with E-state index in [4.69, 9.17) is 9.72 Å². The van der Waals surface area contributed by atoms with E-state index in [2.05, 4.69) is 10.3 Å². The van der Waals surface area contributed by atoms with Gasteiger partial charge in [-0.25, -0.2) is 17.9 Å². The van der Waals surface area contributed by atoms with E-state index in [-0.39, 0.29) is 16.9 Å². The van der Waals surface area contributed by atoms with Crippen molar-refractivity contribution in [3.63, 3.8) is 0 Å². The number of hydrogen-bond donors (Lipinski definition) is 1. The smallest absolute Gasteiger partial charge is 0.135 e. The molecule has 1 saturated heterocycles. The number of nitrogens with zero attached hydrogens (tertiary/aromatic N) is 5. The lowest BCUT2D eigenvalue weighted by molar-refractivity contribution is 0.0548. The van der Waals surface area contributed by atoms with Crippen LogP contribution in [0.5, 0.6) is 0 Å². The van der Waals surface area contributed by atoms with E-state index in [1.807, 2.05) is 17.6 Å². The lowest BCUT2D eigenvalue weighted by atomic mass is 9.86. The zero-order valence-corrected chi connectivity index (χ0v) is 22.8. The number of hydrogen-bond acceptors (Lipinski definition) is 5. The van der Waals surface area contributed by atoms with Crippen LogP contribution in [0.4, 0.5) is 13.2 Å². The molecule has 1 aliphatic heterocycles. The second-order valence-electron chi connectivity index (χ2n) is 11.1. The predicted octanol–water partition coefficient (Wildman–Crippen LogP) is 5.95. The van der Waals surface area contributed by atoms with Crippen molar-refractivity contribution in [2.24, 2.45) is 13.0 Å². The largest absolute Gasteiger partial charge is 0.386 e. The molecule has 4 heterocycles. The van der Waals surface area contributed by atoms with E-state index in [1.54, 1.807) is 37.8 Å². The van der Waals surface area contributed by atoms with E-state index < -0.39 is 29.1 Å². The van der Waals surface area contributed by atoms with E-state index >= 15 is 8.78 Å². The third-order valence-corrected chi connectivity index (χ3v) is 7.94. The fourth-order valence-electron chi connectivity index (χ4n) is 5.99. The topological polar surface area (TPSA) is 78.0 Å². The maximum atomic E-state index is 15.9. The Balaban J connectivity index is 1.75. The number of ether oxygens (including phenoxy) is 1. The first-order valence-corrected chi connectivity index (χ1v) is 13.3. The molecule has 7 nitrogen and oxygen atoms in total. The first-order valence-electron chi connectivity index (χ1n) is 13.3. The summed E-state index contributed by atoms with van der Waals surface area (Å²) in [4.78, 5) is 4.70. The van der Waals surface area contributed by atoms with Gasteiger partial charge in [0, 0.05) is 37.6 Å². The Labute approximate surface area is 229 Å². The number of aromatic nitrogens is 5. The number of aryl methyl sites for hydroxylation is 2. The molecule has 1 atom stereocenters. The average molecular weight is 550 g/mol. The van der Waals surface area contributed by atoms with Crippen molar-refractivity contribution in [3.05, 3.63) is 76.9 Å². The molecular weight excluding hydrogens is 519 g/mol. The summed E-state index contributed by atoms with van der Waals surface area (Å²) in [5.74, 6) is -1.81. The summed E-state index contributed by atoms with van der Waals surface area (Å²) in [5.41, 5.74) is 2.71. The van der Waals surface area contributed by atoms with Crippen LogP contribution >= 0.6 is 0 Å². The number of fused-ring (bicyclic) bond motifs is 3. The van der Waals surface area contributed by atoms with Crippen molar-refractivity contribution in [1.82, 2.24) is 24.5 Å². The molecule has 1 aliphatic rings. The third-order valence-electron chi connectivity index (χ3n) is 7.94. The summed E-state index contributed by atoms with van der Waals surface area (Å²) in [5, 5.41) is 19.3. The third kappa shape index (κ3) is 4.35. The van der Waals surface area contributed by atoms with E-state index in [9.17, 15) is 9.50 Å². The van der Waals surface area contributed by atoms with Crippen molar-refractivity contribution in [2.45, 2.75) is 45.3 Å². The SMILES string of the molecule is Cc1nnn(C)c1-c1cnc2c3c(F)cc(C(C)(C)O)cc3n(C(c3cc(F)ccc3F)C3CCOCC3)c2c1. The van der Waals surface area contributed by atoms with Gasteiger partial charge in [0.25, 0.3) is 0 Å². The summed E-state index contributed by atoms with van der Waals surface area (Å²) in [6.07, 6.45) is 2.86. The highest BCUT2D eigenvalue weighted by Crippen LogP contribution is 2.43. The monoisotopic (exact) mass is 549 g/mol. The Morgan fingerprint density at radius 2 is 1.77 bits per heavy atom. The van der Waals surface area contributed by atoms with Crippen LogP contribution in [0.2, 0.25) is 0 Å². The minimum absolute atomic E-state index is 0.138. The molecule has 2 aromatic carbocycles. The van der Waals surface area contributed by atoms with Gasteiger partial charge >= 0.3 is 0 Å². The van der Waals surface area contributed by atoms with Crippen molar-refractivity contribution in [1.29, 1.82) is 0 Å². The zero-order chi connectivity index (χ0) is 28.3. The standard InChI is InChI=1S/C30H30F3N5O2/c1-16-28(37(4)36-35-16)18-11-25-27(34-15-18)26-23(33)12-19(30(2,3)39)13-24(26)38(25)29(17-7-9-40-10-8-17)21-14-20(31)5-6-22(21)32/h5-6,11-15,17,29,39H,7-10H2,1-4H3. The summed E-state index contributed by atoms with van der Waals surface area (Å²) in [6.45, 7) is 5.95. The molecule has 0 amide bonds. The second-order valence-corrected chi connectivity index (χ2v) is 11.1. The van der Waals surface area contributed by atoms with Gasteiger partial charge in [0.05, 0.1) is 45.0 Å². The average Bonchev–Trinajstić information content (AvgIpc) is 3.42. The number of aliphatic hydroxyl groups is 1. The highest BCUT2D eigenvalue weighted by atomic mass is 19.1. The van der Waals surface area contributed by atoms with Gasteiger partial charge in [0.2, 0.25) is 0 Å². The normalized spacial score (nSPS) is 15.8. The quantitative estimate of drug-likeness (QED) is 0.293. The number of rotatable bonds is 5. The van der Waals surface area contributed by atoms with Gasteiger partial charge < -0.3 is 14.4 Å². The second kappa shape index (κ2) is 9.71. The van der Waals surface area contributed by atoms with Gasteiger partial charge in [-0.2, -0.15) is 0 Å². The van der Waals surface area contributed by atoms with Gasteiger partial charge in [-0.05, 0) is 81.5 Å². The summed E-state index contributed by atoms with van der Waals surface area (Å²) < 4.78 is 55.3. The zero-order valence-electron chi connectivity index (χ0n) is 22.8. The maximum absolute atomic E-state index is 15.9. The first kappa shape index (κ1) is 26.5. The van der Waals surface area contributed by atoms with Crippen LogP contribution in [0.3, 0.4) is 0 Å². The molecule has 6 rings (SSSR count). The fraction of sp³-hybridized carbons (Fsp3) is 0.367. The van der Waals surface area contributed by atoms with Gasteiger partial charge in [-0.1, -0.05) is 5.21 Å². The molecule has 0 aliphatic carbocycles. The molecule has 0 radical (unpaired) electrons. The Kier molecular flexibility index (Phi) is 6.42. The molecule has 1 fully saturated rings. The molecule has 0 bridgehead atoms. The highest BCUT2D eigenvalue weighted by Gasteiger charge is 2.34. The van der Waals surface area contributed by atoms with Crippen LogP contribution < -0.4 is 0 Å². The van der Waals surface area contributed by atoms with Gasteiger partial charge in [-0.15, -0.1) is 5.10 Å². The molecule has 0 saturated carbocycles. The van der Waals surface area contributed by atoms with Crippen molar-refractivity contribution in [3.8, 4) is 11.3 Å².